The molecule has 24 heavy (non-hydrogen) atoms. The Hall–Kier alpha value is -0.730. The minimum absolute atomic E-state index is 0.0644. The Bertz CT molecular complexity index is 549. The predicted molar refractivity (Wildman–Crippen MR) is 85.5 cm³/mol. The third kappa shape index (κ3) is 6.64. The summed E-state index contributed by atoms with van der Waals surface area (Å²) in [4.78, 5) is 0. The van der Waals surface area contributed by atoms with Gasteiger partial charge >= 0.3 is 10.4 Å². The summed E-state index contributed by atoms with van der Waals surface area (Å²) >= 11 is 0.698. The molecule has 1 aliphatic rings. The van der Waals surface area contributed by atoms with E-state index >= 15 is 0 Å². The lowest BCUT2D eigenvalue weighted by atomic mass is 10.0. The summed E-state index contributed by atoms with van der Waals surface area (Å²) < 4.78 is 39.0. The van der Waals surface area contributed by atoms with E-state index in [0.717, 1.165) is 6.42 Å². The first-order valence-electron chi connectivity index (χ1n) is 7.07. The molecule has 0 amide bonds. The molecule has 140 valence electrons. The van der Waals surface area contributed by atoms with E-state index in [-0.39, 0.29) is 5.04 Å². The Morgan fingerprint density at radius 3 is 2.50 bits per heavy atom. The minimum Gasteiger partial charge on any atom is -0.394 e. The molecule has 1 aliphatic heterocycles. The van der Waals surface area contributed by atoms with Crippen LogP contribution in [-0.4, -0.2) is 74.9 Å². The van der Waals surface area contributed by atoms with Crippen LogP contribution < -0.4 is 0 Å². The molecule has 0 aliphatic carbocycles. The van der Waals surface area contributed by atoms with Gasteiger partial charge in [0.15, 0.2) is 0 Å². The summed E-state index contributed by atoms with van der Waals surface area (Å²) in [5.74, 6) is 0. The Kier molecular flexibility index (Phi) is 8.59. The first-order chi connectivity index (χ1) is 11.2. The van der Waals surface area contributed by atoms with E-state index < -0.39 is 46.9 Å². The maximum atomic E-state index is 10.6. The highest BCUT2D eigenvalue weighted by Crippen LogP contribution is 2.29. The van der Waals surface area contributed by atoms with Gasteiger partial charge < -0.3 is 25.2 Å². The second-order valence-electron chi connectivity index (χ2n) is 4.94. The zero-order valence-corrected chi connectivity index (χ0v) is 14.4. The van der Waals surface area contributed by atoms with E-state index in [1.165, 1.54) is 6.08 Å². The van der Waals surface area contributed by atoms with Crippen molar-refractivity contribution in [2.24, 2.45) is 5.16 Å². The van der Waals surface area contributed by atoms with Crippen LogP contribution in [0, 0.1) is 0 Å². The van der Waals surface area contributed by atoms with Crippen LogP contribution in [0.5, 0.6) is 0 Å². The number of ether oxygens (including phenoxy) is 1. The summed E-state index contributed by atoms with van der Waals surface area (Å²) in [7, 11) is -4.81. The Morgan fingerprint density at radius 2 is 1.96 bits per heavy atom. The SMILES string of the molecule is CCCC=CC(=NOS(=O)(=O)O)SC1OC(CO)C(O)C(O)C1O. The largest absolute Gasteiger partial charge is 0.466 e. The zero-order chi connectivity index (χ0) is 18.3. The molecule has 0 aromatic heterocycles. The minimum atomic E-state index is -4.81. The van der Waals surface area contributed by atoms with Gasteiger partial charge in [-0.1, -0.05) is 36.3 Å². The molecule has 1 heterocycles. The third-order valence-electron chi connectivity index (χ3n) is 3.02. The lowest BCUT2D eigenvalue weighted by molar-refractivity contribution is -0.205. The second-order valence-corrected chi connectivity index (χ2v) is 7.06. The van der Waals surface area contributed by atoms with E-state index in [1.807, 2.05) is 6.92 Å². The van der Waals surface area contributed by atoms with Crippen molar-refractivity contribution >= 4 is 27.2 Å². The van der Waals surface area contributed by atoms with Crippen molar-refractivity contribution in [2.75, 3.05) is 6.61 Å². The van der Waals surface area contributed by atoms with Crippen molar-refractivity contribution in [1.82, 2.24) is 0 Å². The monoisotopic (exact) mass is 387 g/mol. The van der Waals surface area contributed by atoms with E-state index in [1.54, 1.807) is 6.08 Å². The fourth-order valence-corrected chi connectivity index (χ4v) is 3.02. The molecule has 1 rings (SSSR count). The van der Waals surface area contributed by atoms with Crippen LogP contribution in [0.15, 0.2) is 17.3 Å². The van der Waals surface area contributed by atoms with Gasteiger partial charge in [0.2, 0.25) is 0 Å². The molecule has 0 saturated carbocycles. The number of hydrogen-bond donors (Lipinski definition) is 5. The summed E-state index contributed by atoms with van der Waals surface area (Å²) in [6.07, 6.45) is -1.20. The van der Waals surface area contributed by atoms with Crippen LogP contribution in [-0.2, 0) is 19.4 Å². The van der Waals surface area contributed by atoms with Crippen molar-refractivity contribution in [2.45, 2.75) is 49.6 Å². The topological polar surface area (TPSA) is 166 Å². The first kappa shape index (κ1) is 21.3. The van der Waals surface area contributed by atoms with E-state index in [0.29, 0.717) is 18.2 Å². The van der Waals surface area contributed by atoms with E-state index in [2.05, 4.69) is 9.44 Å². The molecule has 0 radical (unpaired) electrons. The molecular weight excluding hydrogens is 366 g/mol. The van der Waals surface area contributed by atoms with Crippen molar-refractivity contribution in [3.05, 3.63) is 12.2 Å². The predicted octanol–water partition coefficient (Wildman–Crippen LogP) is -0.991. The quantitative estimate of drug-likeness (QED) is 0.158. The van der Waals surface area contributed by atoms with Crippen molar-refractivity contribution in [1.29, 1.82) is 0 Å². The second kappa shape index (κ2) is 9.68. The first-order valence-corrected chi connectivity index (χ1v) is 9.31. The van der Waals surface area contributed by atoms with Gasteiger partial charge in [-0.2, -0.15) is 8.42 Å². The maximum absolute atomic E-state index is 10.6. The molecule has 0 bridgehead atoms. The number of rotatable bonds is 7. The third-order valence-corrected chi connectivity index (χ3v) is 4.36. The standard InChI is InChI=1S/C12H21NO9S2/c1-2-3-4-5-8(13-22-24(18,19)20)23-12-11(17)10(16)9(15)7(6-14)21-12/h4-5,7,9-12,14-17H,2-3,6H2,1H3,(H,18,19,20). The van der Waals surface area contributed by atoms with Crippen LogP contribution in [0.4, 0.5) is 0 Å². The van der Waals surface area contributed by atoms with Gasteiger partial charge in [-0.15, -0.1) is 0 Å². The van der Waals surface area contributed by atoms with Crippen molar-refractivity contribution < 1.29 is 42.4 Å². The highest BCUT2D eigenvalue weighted by Gasteiger charge is 2.44. The molecule has 0 aromatic carbocycles. The van der Waals surface area contributed by atoms with Crippen LogP contribution in [0.3, 0.4) is 0 Å². The number of thioether (sulfide) groups is 1. The lowest BCUT2D eigenvalue weighted by Crippen LogP contribution is -2.57. The Balaban J connectivity index is 2.91. The molecule has 5 unspecified atom stereocenters. The van der Waals surface area contributed by atoms with Crippen LogP contribution in [0.25, 0.3) is 0 Å². The molecule has 1 saturated heterocycles. The lowest BCUT2D eigenvalue weighted by Gasteiger charge is -2.39. The van der Waals surface area contributed by atoms with Crippen LogP contribution in [0.2, 0.25) is 0 Å². The maximum Gasteiger partial charge on any atom is 0.466 e. The van der Waals surface area contributed by atoms with Gasteiger partial charge in [-0.25, -0.2) is 4.28 Å². The molecule has 5 N–H and O–H groups in total. The summed E-state index contributed by atoms with van der Waals surface area (Å²) in [6, 6.07) is 0. The summed E-state index contributed by atoms with van der Waals surface area (Å²) in [5.41, 5.74) is -1.16. The highest BCUT2D eigenvalue weighted by molar-refractivity contribution is 8.14. The van der Waals surface area contributed by atoms with Crippen molar-refractivity contribution in [3.8, 4) is 0 Å². The average molecular weight is 387 g/mol. The van der Waals surface area contributed by atoms with Gasteiger partial charge in [-0.3, -0.25) is 4.55 Å². The number of aliphatic hydroxyl groups is 4. The molecule has 1 fully saturated rings. The Labute approximate surface area is 143 Å². The molecule has 5 atom stereocenters. The summed E-state index contributed by atoms with van der Waals surface area (Å²) in [6.45, 7) is 1.32. The molecule has 12 heteroatoms. The number of aliphatic hydroxyl groups excluding tert-OH is 4. The van der Waals surface area contributed by atoms with Gasteiger partial charge in [0.05, 0.1) is 6.61 Å². The van der Waals surface area contributed by atoms with Gasteiger partial charge in [0, 0.05) is 0 Å². The normalized spacial score (nSPS) is 32.2. The van der Waals surface area contributed by atoms with Gasteiger partial charge in [0.1, 0.15) is 34.9 Å². The van der Waals surface area contributed by atoms with E-state index in [9.17, 15) is 23.7 Å². The molecular formula is C12H21NO9S2. The van der Waals surface area contributed by atoms with Crippen LogP contribution >= 0.6 is 11.8 Å². The highest BCUT2D eigenvalue weighted by atomic mass is 32.3. The van der Waals surface area contributed by atoms with Crippen LogP contribution in [0.1, 0.15) is 19.8 Å². The Morgan fingerprint density at radius 1 is 1.29 bits per heavy atom. The number of unbranched alkanes of at least 4 members (excludes halogenated alkanes) is 1. The van der Waals surface area contributed by atoms with E-state index in [4.69, 9.17) is 14.4 Å². The number of hydrogen-bond acceptors (Lipinski definition) is 10. The fourth-order valence-electron chi connectivity index (χ4n) is 1.81. The van der Waals surface area contributed by atoms with Crippen molar-refractivity contribution in [3.63, 3.8) is 0 Å². The van der Waals surface area contributed by atoms with Gasteiger partial charge in [0.25, 0.3) is 0 Å². The van der Waals surface area contributed by atoms with Gasteiger partial charge in [-0.05, 0) is 12.5 Å². The molecule has 10 nitrogen and oxygen atoms in total. The number of allylic oxidation sites excluding steroid dienone is 1. The molecule has 0 spiro atoms. The fraction of sp³-hybridized carbons (Fsp3) is 0.750. The zero-order valence-electron chi connectivity index (χ0n) is 12.8. The smallest absolute Gasteiger partial charge is 0.394 e. The average Bonchev–Trinajstić information content (AvgIpc) is 2.52. The number of nitrogens with zero attached hydrogens (tertiary/aromatic N) is 1. The summed E-state index contributed by atoms with van der Waals surface area (Å²) in [5, 5.41) is 41.7. The number of oxime groups is 1. The molecule has 0 aromatic rings.